The minimum absolute atomic E-state index is 0.141. The van der Waals surface area contributed by atoms with Gasteiger partial charge in [-0.3, -0.25) is 4.79 Å². The molecule has 0 amide bonds. The van der Waals surface area contributed by atoms with Crippen molar-refractivity contribution < 1.29 is 0 Å². The zero-order valence-electron chi connectivity index (χ0n) is 16.2. The maximum atomic E-state index is 12.1. The Morgan fingerprint density at radius 3 is 2.67 bits per heavy atom. The molecule has 0 spiro atoms. The van der Waals surface area contributed by atoms with Crippen LogP contribution in [0.1, 0.15) is 38.2 Å². The van der Waals surface area contributed by atoms with Gasteiger partial charge in [-0.15, -0.1) is 0 Å². The van der Waals surface area contributed by atoms with Crippen molar-refractivity contribution in [2.24, 2.45) is 5.92 Å². The third-order valence-corrected chi connectivity index (χ3v) is 5.77. The Kier molecular flexibility index (Phi) is 4.97. The summed E-state index contributed by atoms with van der Waals surface area (Å²) in [6.45, 7) is 6.80. The van der Waals surface area contributed by atoms with Crippen molar-refractivity contribution in [1.29, 1.82) is 0 Å². The molecule has 4 rings (SSSR count). The Hall–Kier alpha value is -2.62. The van der Waals surface area contributed by atoms with Crippen molar-refractivity contribution in [2.45, 2.75) is 39.5 Å². The highest BCUT2D eigenvalue weighted by Crippen LogP contribution is 2.30. The smallest absolute Gasteiger partial charge is 0.272 e. The highest BCUT2D eigenvalue weighted by Gasteiger charge is 2.16. The summed E-state index contributed by atoms with van der Waals surface area (Å²) in [6.07, 6.45) is 5.20. The van der Waals surface area contributed by atoms with Crippen molar-refractivity contribution in [3.63, 3.8) is 0 Å². The van der Waals surface area contributed by atoms with Crippen molar-refractivity contribution in [3.8, 4) is 11.3 Å². The van der Waals surface area contributed by atoms with Gasteiger partial charge in [0.15, 0.2) is 0 Å². The van der Waals surface area contributed by atoms with Crippen molar-refractivity contribution in [3.05, 3.63) is 58.4 Å². The summed E-state index contributed by atoms with van der Waals surface area (Å²) in [5.41, 5.74) is 4.32. The van der Waals surface area contributed by atoms with E-state index in [2.05, 4.69) is 47.1 Å². The van der Waals surface area contributed by atoms with Gasteiger partial charge in [0, 0.05) is 29.7 Å². The van der Waals surface area contributed by atoms with Gasteiger partial charge in [0.2, 0.25) is 0 Å². The summed E-state index contributed by atoms with van der Waals surface area (Å²) in [6, 6.07) is 14.2. The van der Waals surface area contributed by atoms with Crippen LogP contribution in [0, 0.1) is 12.8 Å². The van der Waals surface area contributed by atoms with Gasteiger partial charge in [0.25, 0.3) is 5.56 Å². The molecule has 2 heterocycles. The second kappa shape index (κ2) is 7.55. The van der Waals surface area contributed by atoms with E-state index in [1.54, 1.807) is 0 Å². The molecule has 2 aromatic carbocycles. The second-order valence-electron chi connectivity index (χ2n) is 7.82. The van der Waals surface area contributed by atoms with E-state index in [4.69, 9.17) is 0 Å². The normalized spacial score (nSPS) is 18.3. The van der Waals surface area contributed by atoms with Gasteiger partial charge in [-0.1, -0.05) is 44.0 Å². The molecule has 1 saturated heterocycles. The SMILES string of the molecule is Cc1cc(-c2n[nH]c(=O)c3ccccc23)ccc1N1CCCCC(C)CC1. The van der Waals surface area contributed by atoms with E-state index in [0.29, 0.717) is 5.39 Å². The molecule has 1 fully saturated rings. The number of aromatic nitrogens is 2. The van der Waals surface area contributed by atoms with Gasteiger partial charge in [-0.05, 0) is 49.4 Å². The fourth-order valence-corrected chi connectivity index (χ4v) is 4.16. The monoisotopic (exact) mass is 361 g/mol. The van der Waals surface area contributed by atoms with Crippen molar-refractivity contribution in [1.82, 2.24) is 10.2 Å². The molecule has 0 saturated carbocycles. The Balaban J connectivity index is 1.70. The number of anilines is 1. The molecule has 0 radical (unpaired) electrons. The zero-order valence-corrected chi connectivity index (χ0v) is 16.2. The van der Waals surface area contributed by atoms with Crippen LogP contribution in [0.25, 0.3) is 22.0 Å². The summed E-state index contributed by atoms with van der Waals surface area (Å²) in [4.78, 5) is 14.6. The zero-order chi connectivity index (χ0) is 18.8. The molecule has 0 bridgehead atoms. The predicted octanol–water partition coefficient (Wildman–Crippen LogP) is 4.92. The van der Waals surface area contributed by atoms with Gasteiger partial charge in [-0.25, -0.2) is 5.10 Å². The molecule has 140 valence electrons. The number of aromatic amines is 1. The molecule has 4 nitrogen and oxygen atoms in total. The average Bonchev–Trinajstić information content (AvgIpc) is 2.66. The van der Waals surface area contributed by atoms with E-state index in [1.807, 2.05) is 24.3 Å². The van der Waals surface area contributed by atoms with Crippen LogP contribution < -0.4 is 10.5 Å². The number of H-pyrrole nitrogens is 1. The molecule has 27 heavy (non-hydrogen) atoms. The Morgan fingerprint density at radius 2 is 1.85 bits per heavy atom. The van der Waals surface area contributed by atoms with Crippen LogP contribution in [-0.2, 0) is 0 Å². The molecule has 0 aliphatic carbocycles. The minimum atomic E-state index is -0.141. The Bertz CT molecular complexity index is 1010. The lowest BCUT2D eigenvalue weighted by Crippen LogP contribution is -2.29. The maximum Gasteiger partial charge on any atom is 0.272 e. The average molecular weight is 361 g/mol. The maximum absolute atomic E-state index is 12.1. The molecule has 1 aliphatic heterocycles. The fourth-order valence-electron chi connectivity index (χ4n) is 4.16. The second-order valence-corrected chi connectivity index (χ2v) is 7.82. The van der Waals surface area contributed by atoms with E-state index >= 15 is 0 Å². The number of fused-ring (bicyclic) bond motifs is 1. The van der Waals surface area contributed by atoms with Crippen LogP contribution in [0.15, 0.2) is 47.3 Å². The first-order valence-electron chi connectivity index (χ1n) is 9.97. The van der Waals surface area contributed by atoms with Gasteiger partial charge >= 0.3 is 0 Å². The first kappa shape index (κ1) is 17.8. The van der Waals surface area contributed by atoms with Gasteiger partial charge in [0.05, 0.1) is 11.1 Å². The third kappa shape index (κ3) is 3.61. The lowest BCUT2D eigenvalue weighted by Gasteiger charge is -2.30. The molecule has 3 aromatic rings. The molecular weight excluding hydrogens is 334 g/mol. The molecule has 1 aromatic heterocycles. The van der Waals surface area contributed by atoms with E-state index in [9.17, 15) is 4.79 Å². The van der Waals surface area contributed by atoms with E-state index < -0.39 is 0 Å². The lowest BCUT2D eigenvalue weighted by atomic mass is 9.97. The van der Waals surface area contributed by atoms with Crippen LogP contribution in [0.2, 0.25) is 0 Å². The Labute approximate surface area is 160 Å². The highest BCUT2D eigenvalue weighted by molar-refractivity contribution is 5.94. The standard InChI is InChI=1S/C23H27N3O/c1-16-7-5-6-13-26(14-12-16)21-11-10-18(15-17(21)2)22-19-8-3-4-9-20(19)23(27)25-24-22/h3-4,8-11,15-16H,5-7,12-14H2,1-2H3,(H,25,27). The predicted molar refractivity (Wildman–Crippen MR) is 112 cm³/mol. The molecule has 1 aliphatic rings. The molecular formula is C23H27N3O. The summed E-state index contributed by atoms with van der Waals surface area (Å²) in [5.74, 6) is 0.809. The molecule has 1 N–H and O–H groups in total. The van der Waals surface area contributed by atoms with Gasteiger partial charge in [-0.2, -0.15) is 5.10 Å². The first-order chi connectivity index (χ1) is 13.1. The van der Waals surface area contributed by atoms with Crippen LogP contribution in [-0.4, -0.2) is 23.3 Å². The largest absolute Gasteiger partial charge is 0.371 e. The van der Waals surface area contributed by atoms with Crippen LogP contribution in [0.3, 0.4) is 0 Å². The first-order valence-corrected chi connectivity index (χ1v) is 9.97. The summed E-state index contributed by atoms with van der Waals surface area (Å²) >= 11 is 0. The van der Waals surface area contributed by atoms with Gasteiger partial charge < -0.3 is 4.90 Å². The third-order valence-electron chi connectivity index (χ3n) is 5.77. The summed E-state index contributed by atoms with van der Waals surface area (Å²) in [7, 11) is 0. The van der Waals surface area contributed by atoms with Crippen molar-refractivity contribution >= 4 is 16.5 Å². The minimum Gasteiger partial charge on any atom is -0.371 e. The number of rotatable bonds is 2. The quantitative estimate of drug-likeness (QED) is 0.705. The molecule has 1 unspecified atom stereocenters. The van der Waals surface area contributed by atoms with E-state index in [0.717, 1.165) is 35.7 Å². The summed E-state index contributed by atoms with van der Waals surface area (Å²) in [5, 5.41) is 8.57. The summed E-state index contributed by atoms with van der Waals surface area (Å²) < 4.78 is 0. The number of benzene rings is 2. The number of nitrogens with zero attached hydrogens (tertiary/aromatic N) is 2. The number of hydrogen-bond acceptors (Lipinski definition) is 3. The van der Waals surface area contributed by atoms with Crippen LogP contribution in [0.4, 0.5) is 5.69 Å². The fraction of sp³-hybridized carbons (Fsp3) is 0.391. The number of hydrogen-bond donors (Lipinski definition) is 1. The topological polar surface area (TPSA) is 49.0 Å². The van der Waals surface area contributed by atoms with Crippen LogP contribution >= 0.6 is 0 Å². The van der Waals surface area contributed by atoms with Crippen molar-refractivity contribution in [2.75, 3.05) is 18.0 Å². The Morgan fingerprint density at radius 1 is 1.04 bits per heavy atom. The number of aryl methyl sites for hydroxylation is 1. The van der Waals surface area contributed by atoms with Gasteiger partial charge in [0.1, 0.15) is 0 Å². The van der Waals surface area contributed by atoms with E-state index in [1.165, 1.54) is 36.9 Å². The molecule has 4 heteroatoms. The lowest BCUT2D eigenvalue weighted by molar-refractivity contribution is 0.438. The van der Waals surface area contributed by atoms with E-state index in [-0.39, 0.29) is 5.56 Å². The van der Waals surface area contributed by atoms with Crippen LogP contribution in [0.5, 0.6) is 0 Å². The highest BCUT2D eigenvalue weighted by atomic mass is 16.1. The number of nitrogens with one attached hydrogen (secondary N) is 1. The molecule has 1 atom stereocenters.